The van der Waals surface area contributed by atoms with Crippen molar-refractivity contribution in [1.82, 2.24) is 0 Å². The average Bonchev–Trinajstić information content (AvgIpc) is 2.53. The molecule has 0 amide bonds. The maximum Gasteiger partial charge on any atom is 0.336 e. The summed E-state index contributed by atoms with van der Waals surface area (Å²) in [6, 6.07) is 7.95. The van der Waals surface area contributed by atoms with Crippen molar-refractivity contribution >= 4 is 11.0 Å². The normalized spacial score (nSPS) is 21.9. The summed E-state index contributed by atoms with van der Waals surface area (Å²) in [7, 11) is 1.61. The van der Waals surface area contributed by atoms with E-state index in [1.807, 2.05) is 12.1 Å². The van der Waals surface area contributed by atoms with Gasteiger partial charge in [-0.15, -0.1) is 0 Å². The number of methoxy groups -OCH3 is 1. The van der Waals surface area contributed by atoms with Gasteiger partial charge in [-0.2, -0.15) is 0 Å². The molecule has 0 spiro atoms. The minimum Gasteiger partial charge on any atom is -0.497 e. The Morgan fingerprint density at radius 3 is 2.86 bits per heavy atom. The van der Waals surface area contributed by atoms with Gasteiger partial charge in [-0.1, -0.05) is 13.3 Å². The smallest absolute Gasteiger partial charge is 0.336 e. The van der Waals surface area contributed by atoms with E-state index in [9.17, 15) is 4.79 Å². The molecule has 0 saturated heterocycles. The van der Waals surface area contributed by atoms with Gasteiger partial charge < -0.3 is 14.5 Å². The molecule has 0 bridgehead atoms. The zero-order valence-electron chi connectivity index (χ0n) is 13.3. The number of hydrogen-bond donors (Lipinski definition) is 1. The molecule has 1 fully saturated rings. The van der Waals surface area contributed by atoms with Crippen molar-refractivity contribution in [2.45, 2.75) is 45.2 Å². The summed E-state index contributed by atoms with van der Waals surface area (Å²) in [5.41, 5.74) is 1.36. The summed E-state index contributed by atoms with van der Waals surface area (Å²) in [5.74, 6) is 1.46. The predicted octanol–water partition coefficient (Wildman–Crippen LogP) is 2.44. The quantitative estimate of drug-likeness (QED) is 0.883. The van der Waals surface area contributed by atoms with Crippen LogP contribution in [0.4, 0.5) is 0 Å². The summed E-state index contributed by atoms with van der Waals surface area (Å²) in [4.78, 5) is 11.8. The Hall–Kier alpha value is -1.81. The van der Waals surface area contributed by atoms with E-state index in [1.165, 1.54) is 25.7 Å². The molecule has 2 aromatic rings. The van der Waals surface area contributed by atoms with Gasteiger partial charge in [0.25, 0.3) is 0 Å². The topological polar surface area (TPSA) is 56.0 Å². The standard InChI is InChI=1S/C18H23NO3/c1-12-5-3-4-6-16(12)19-11-13-9-18(20)22-17-10-14(21-2)7-8-15(13)17/h7-10,12,16,19H,3-6,11H2,1-2H3/p+1/t12-,16-/m0/s1. The van der Waals surface area contributed by atoms with Crippen LogP contribution in [0.1, 0.15) is 38.2 Å². The van der Waals surface area contributed by atoms with Gasteiger partial charge in [0.05, 0.1) is 13.2 Å². The number of fused-ring (bicyclic) bond motifs is 1. The van der Waals surface area contributed by atoms with Crippen molar-refractivity contribution in [2.24, 2.45) is 5.92 Å². The van der Waals surface area contributed by atoms with Crippen molar-refractivity contribution in [3.05, 3.63) is 40.2 Å². The molecular formula is C18H24NO3+. The fraction of sp³-hybridized carbons (Fsp3) is 0.500. The molecule has 1 aliphatic rings. The predicted molar refractivity (Wildman–Crippen MR) is 86.1 cm³/mol. The van der Waals surface area contributed by atoms with Gasteiger partial charge in [0.2, 0.25) is 0 Å². The van der Waals surface area contributed by atoms with Gasteiger partial charge in [0.15, 0.2) is 0 Å². The van der Waals surface area contributed by atoms with Crippen LogP contribution in [-0.4, -0.2) is 13.2 Å². The van der Waals surface area contributed by atoms with E-state index in [1.54, 1.807) is 19.2 Å². The van der Waals surface area contributed by atoms with E-state index in [-0.39, 0.29) is 5.63 Å². The van der Waals surface area contributed by atoms with Crippen molar-refractivity contribution in [3.63, 3.8) is 0 Å². The molecule has 22 heavy (non-hydrogen) atoms. The molecule has 4 heteroatoms. The van der Waals surface area contributed by atoms with E-state index >= 15 is 0 Å². The van der Waals surface area contributed by atoms with Gasteiger partial charge >= 0.3 is 5.63 Å². The largest absolute Gasteiger partial charge is 0.497 e. The van der Waals surface area contributed by atoms with Crippen LogP contribution in [0.15, 0.2) is 33.5 Å². The second-order valence-electron chi connectivity index (χ2n) is 6.32. The van der Waals surface area contributed by atoms with Crippen LogP contribution in [0, 0.1) is 5.92 Å². The molecule has 0 aliphatic heterocycles. The molecule has 0 radical (unpaired) electrons. The van der Waals surface area contributed by atoms with Gasteiger partial charge in [-0.3, -0.25) is 0 Å². The first-order chi connectivity index (χ1) is 10.7. The fourth-order valence-electron chi connectivity index (χ4n) is 3.48. The number of quaternary nitrogens is 1. The number of hydrogen-bond acceptors (Lipinski definition) is 3. The maximum absolute atomic E-state index is 11.8. The first-order valence-corrected chi connectivity index (χ1v) is 8.11. The van der Waals surface area contributed by atoms with Crippen LogP contribution < -0.4 is 15.7 Å². The molecule has 2 N–H and O–H groups in total. The lowest BCUT2D eigenvalue weighted by Crippen LogP contribution is -2.90. The molecule has 2 atom stereocenters. The molecule has 1 aromatic carbocycles. The first kappa shape index (κ1) is 15.1. The Kier molecular flexibility index (Phi) is 4.48. The molecule has 0 unspecified atom stereocenters. The lowest BCUT2D eigenvalue weighted by molar-refractivity contribution is -0.712. The van der Waals surface area contributed by atoms with Gasteiger partial charge in [0, 0.05) is 29.0 Å². The summed E-state index contributed by atoms with van der Waals surface area (Å²) < 4.78 is 10.5. The Balaban J connectivity index is 1.85. The summed E-state index contributed by atoms with van der Waals surface area (Å²) in [6.45, 7) is 3.16. The highest BCUT2D eigenvalue weighted by Crippen LogP contribution is 2.23. The van der Waals surface area contributed by atoms with E-state index in [0.29, 0.717) is 17.4 Å². The summed E-state index contributed by atoms with van der Waals surface area (Å²) >= 11 is 0. The van der Waals surface area contributed by atoms with Crippen molar-refractivity contribution in [1.29, 1.82) is 0 Å². The highest BCUT2D eigenvalue weighted by molar-refractivity contribution is 5.81. The Labute approximate surface area is 130 Å². The van der Waals surface area contributed by atoms with Crippen LogP contribution >= 0.6 is 0 Å². The summed E-state index contributed by atoms with van der Waals surface area (Å²) in [5, 5.41) is 3.39. The number of rotatable bonds is 4. The lowest BCUT2D eigenvalue weighted by Gasteiger charge is -2.26. The van der Waals surface area contributed by atoms with Crippen LogP contribution in [-0.2, 0) is 6.54 Å². The second kappa shape index (κ2) is 6.53. The van der Waals surface area contributed by atoms with Gasteiger partial charge in [0.1, 0.15) is 17.9 Å². The third-order valence-electron chi connectivity index (χ3n) is 4.86. The van der Waals surface area contributed by atoms with E-state index in [4.69, 9.17) is 9.15 Å². The third kappa shape index (κ3) is 3.17. The van der Waals surface area contributed by atoms with Gasteiger partial charge in [-0.05, 0) is 31.4 Å². The molecule has 4 nitrogen and oxygen atoms in total. The van der Waals surface area contributed by atoms with Crippen LogP contribution in [0.5, 0.6) is 5.75 Å². The Morgan fingerprint density at radius 2 is 2.09 bits per heavy atom. The first-order valence-electron chi connectivity index (χ1n) is 8.11. The zero-order valence-corrected chi connectivity index (χ0v) is 13.3. The average molecular weight is 302 g/mol. The number of benzene rings is 1. The van der Waals surface area contributed by atoms with Crippen LogP contribution in [0.3, 0.4) is 0 Å². The lowest BCUT2D eigenvalue weighted by atomic mass is 9.86. The van der Waals surface area contributed by atoms with E-state index < -0.39 is 0 Å². The van der Waals surface area contributed by atoms with Crippen molar-refractivity contribution < 1.29 is 14.5 Å². The van der Waals surface area contributed by atoms with Crippen molar-refractivity contribution in [3.8, 4) is 5.75 Å². The van der Waals surface area contributed by atoms with Crippen LogP contribution in [0.2, 0.25) is 0 Å². The molecule has 118 valence electrons. The Morgan fingerprint density at radius 1 is 1.27 bits per heavy atom. The highest BCUT2D eigenvalue weighted by Gasteiger charge is 2.24. The molecule has 1 saturated carbocycles. The molecule has 1 aliphatic carbocycles. The third-order valence-corrected chi connectivity index (χ3v) is 4.86. The van der Waals surface area contributed by atoms with E-state index in [2.05, 4.69) is 12.2 Å². The minimum absolute atomic E-state index is 0.291. The highest BCUT2D eigenvalue weighted by atomic mass is 16.5. The molecule has 1 heterocycles. The fourth-order valence-corrected chi connectivity index (χ4v) is 3.48. The van der Waals surface area contributed by atoms with E-state index in [0.717, 1.165) is 23.4 Å². The second-order valence-corrected chi connectivity index (χ2v) is 6.32. The molecule has 3 rings (SSSR count). The summed E-state index contributed by atoms with van der Waals surface area (Å²) in [6.07, 6.45) is 5.26. The Bertz CT molecular complexity index is 707. The maximum atomic E-state index is 11.8. The molecular weight excluding hydrogens is 278 g/mol. The monoisotopic (exact) mass is 302 g/mol. The van der Waals surface area contributed by atoms with Gasteiger partial charge in [-0.25, -0.2) is 4.79 Å². The number of ether oxygens (including phenoxy) is 1. The minimum atomic E-state index is -0.291. The van der Waals surface area contributed by atoms with Crippen molar-refractivity contribution in [2.75, 3.05) is 7.11 Å². The molecule has 1 aromatic heterocycles. The SMILES string of the molecule is COc1ccc2c(C[NH2+][C@H]3CCCC[C@@H]3C)cc(=O)oc2c1. The number of nitrogens with two attached hydrogens (primary N) is 1. The zero-order chi connectivity index (χ0) is 15.5. The van der Waals surface area contributed by atoms with Crippen LogP contribution in [0.25, 0.3) is 11.0 Å².